The van der Waals surface area contributed by atoms with Gasteiger partial charge in [0.15, 0.2) is 6.10 Å². The van der Waals surface area contributed by atoms with Crippen molar-refractivity contribution >= 4 is 40.5 Å². The topological polar surface area (TPSA) is 57.7 Å². The standard InChI is InChI=1S/C32H38Cl2F3NO4S/c1-8-22(30(39)42-31(5,6)7)41-23-16-12-19(25(33)26(23)34)13-17-24(40-9-2)28-27(18(3)4)38-29(43-28)20-10-14-21(15-11-20)32(35,36)37/h10-12,14-16,18,22,24H,8-9,13,17H2,1-7H3. The molecular formula is C32H38Cl2F3NO4S. The van der Waals surface area contributed by atoms with E-state index in [0.717, 1.165) is 28.3 Å². The molecule has 236 valence electrons. The van der Waals surface area contributed by atoms with Gasteiger partial charge in [0.1, 0.15) is 21.4 Å². The summed E-state index contributed by atoms with van der Waals surface area (Å²) in [5.74, 6) is -0.115. The van der Waals surface area contributed by atoms with Gasteiger partial charge in [-0.05, 0) is 76.6 Å². The SMILES string of the molecule is CCOC(CCc1ccc(OC(CC)C(=O)OC(C)(C)C)c(Cl)c1Cl)c1sc(-c2ccc(C(F)(F)F)cc2)nc1C(C)C. The molecule has 0 saturated heterocycles. The fourth-order valence-electron chi connectivity index (χ4n) is 4.37. The van der Waals surface area contributed by atoms with Crippen LogP contribution in [-0.4, -0.2) is 29.3 Å². The molecule has 0 aliphatic heterocycles. The molecule has 0 bridgehead atoms. The van der Waals surface area contributed by atoms with Crippen LogP contribution >= 0.6 is 34.5 Å². The van der Waals surface area contributed by atoms with Crippen molar-refractivity contribution < 1.29 is 32.2 Å². The van der Waals surface area contributed by atoms with Gasteiger partial charge in [0, 0.05) is 12.2 Å². The monoisotopic (exact) mass is 659 g/mol. The van der Waals surface area contributed by atoms with Crippen molar-refractivity contribution in [2.45, 2.75) is 97.6 Å². The van der Waals surface area contributed by atoms with Gasteiger partial charge >= 0.3 is 12.1 Å². The lowest BCUT2D eigenvalue weighted by atomic mass is 10.0. The molecular weight excluding hydrogens is 622 g/mol. The average Bonchev–Trinajstić information content (AvgIpc) is 3.37. The number of esters is 1. The Bertz CT molecular complexity index is 1380. The summed E-state index contributed by atoms with van der Waals surface area (Å²) in [5, 5.41) is 1.17. The van der Waals surface area contributed by atoms with Crippen LogP contribution in [0, 0.1) is 0 Å². The van der Waals surface area contributed by atoms with E-state index < -0.39 is 29.4 Å². The predicted octanol–water partition coefficient (Wildman–Crippen LogP) is 10.5. The highest BCUT2D eigenvalue weighted by molar-refractivity contribution is 7.15. The molecule has 0 fully saturated rings. The summed E-state index contributed by atoms with van der Waals surface area (Å²) < 4.78 is 56.7. The highest BCUT2D eigenvalue weighted by atomic mass is 35.5. The molecule has 0 aliphatic rings. The smallest absolute Gasteiger partial charge is 0.416 e. The number of nitrogens with zero attached hydrogens (tertiary/aromatic N) is 1. The number of aryl methyl sites for hydroxylation is 1. The van der Waals surface area contributed by atoms with Crippen LogP contribution in [0.4, 0.5) is 13.2 Å². The molecule has 1 heterocycles. The minimum absolute atomic E-state index is 0.0725. The van der Waals surface area contributed by atoms with Gasteiger partial charge in [-0.25, -0.2) is 9.78 Å². The minimum Gasteiger partial charge on any atom is -0.477 e. The van der Waals surface area contributed by atoms with E-state index in [0.29, 0.717) is 47.2 Å². The molecule has 43 heavy (non-hydrogen) atoms. The average molecular weight is 661 g/mol. The molecule has 2 aromatic carbocycles. The predicted molar refractivity (Wildman–Crippen MR) is 166 cm³/mol. The Morgan fingerprint density at radius 2 is 1.65 bits per heavy atom. The first-order valence-electron chi connectivity index (χ1n) is 14.2. The first-order chi connectivity index (χ1) is 20.1. The van der Waals surface area contributed by atoms with Crippen molar-refractivity contribution in [2.75, 3.05) is 6.61 Å². The van der Waals surface area contributed by atoms with Gasteiger partial charge in [-0.2, -0.15) is 13.2 Å². The Morgan fingerprint density at radius 1 is 1.00 bits per heavy atom. The van der Waals surface area contributed by atoms with Gasteiger partial charge < -0.3 is 14.2 Å². The van der Waals surface area contributed by atoms with Crippen LogP contribution in [0.25, 0.3) is 10.6 Å². The molecule has 3 aromatic rings. The van der Waals surface area contributed by atoms with Crippen molar-refractivity contribution in [3.8, 4) is 16.3 Å². The van der Waals surface area contributed by atoms with Gasteiger partial charge in [0.05, 0.1) is 27.3 Å². The molecule has 5 nitrogen and oxygen atoms in total. The van der Waals surface area contributed by atoms with Crippen molar-refractivity contribution in [3.05, 3.63) is 68.1 Å². The van der Waals surface area contributed by atoms with Crippen LogP contribution in [0.5, 0.6) is 5.75 Å². The highest BCUT2D eigenvalue weighted by Crippen LogP contribution is 2.41. The van der Waals surface area contributed by atoms with Crippen molar-refractivity contribution in [1.82, 2.24) is 4.98 Å². The third-order valence-electron chi connectivity index (χ3n) is 6.46. The van der Waals surface area contributed by atoms with E-state index >= 15 is 0 Å². The molecule has 0 amide bonds. The van der Waals surface area contributed by atoms with Crippen molar-refractivity contribution in [3.63, 3.8) is 0 Å². The van der Waals surface area contributed by atoms with Crippen LogP contribution in [0.1, 0.15) is 95.0 Å². The van der Waals surface area contributed by atoms with Crippen LogP contribution in [0.3, 0.4) is 0 Å². The second-order valence-corrected chi connectivity index (χ2v) is 13.2. The number of carbonyl (C=O) groups excluding carboxylic acids is 1. The van der Waals surface area contributed by atoms with Gasteiger partial charge in [-0.1, -0.05) is 62.2 Å². The third-order valence-corrected chi connectivity index (χ3v) is 8.58. The number of halogens is 5. The lowest BCUT2D eigenvalue weighted by Crippen LogP contribution is -2.35. The largest absolute Gasteiger partial charge is 0.477 e. The van der Waals surface area contributed by atoms with Crippen LogP contribution < -0.4 is 4.74 Å². The zero-order chi connectivity index (χ0) is 32.1. The molecule has 0 N–H and O–H groups in total. The minimum atomic E-state index is -4.40. The quantitative estimate of drug-likeness (QED) is 0.181. The lowest BCUT2D eigenvalue weighted by Gasteiger charge is -2.24. The molecule has 1 aromatic heterocycles. The Labute approximate surface area is 265 Å². The van der Waals surface area contributed by atoms with E-state index in [1.54, 1.807) is 26.8 Å². The fraction of sp³-hybridized carbons (Fsp3) is 0.500. The van der Waals surface area contributed by atoms with Crippen LogP contribution in [0.2, 0.25) is 10.0 Å². The highest BCUT2D eigenvalue weighted by Gasteiger charge is 2.31. The number of alkyl halides is 3. The number of benzene rings is 2. The number of hydrogen-bond donors (Lipinski definition) is 0. The van der Waals surface area contributed by atoms with Crippen molar-refractivity contribution in [2.24, 2.45) is 0 Å². The number of thiazole rings is 1. The third kappa shape index (κ3) is 9.33. The van der Waals surface area contributed by atoms with Crippen molar-refractivity contribution in [1.29, 1.82) is 0 Å². The Kier molecular flexibility index (Phi) is 12.0. The van der Waals surface area contributed by atoms with E-state index in [-0.39, 0.29) is 17.0 Å². The first-order valence-corrected chi connectivity index (χ1v) is 15.8. The second kappa shape index (κ2) is 14.6. The van der Waals surface area contributed by atoms with E-state index in [1.807, 2.05) is 33.8 Å². The Balaban J connectivity index is 1.83. The van der Waals surface area contributed by atoms with E-state index in [1.165, 1.54) is 23.5 Å². The zero-order valence-electron chi connectivity index (χ0n) is 25.4. The molecule has 0 aliphatic carbocycles. The summed E-state index contributed by atoms with van der Waals surface area (Å²) in [6.45, 7) is 13.6. The second-order valence-electron chi connectivity index (χ2n) is 11.4. The summed E-state index contributed by atoms with van der Waals surface area (Å²) >= 11 is 14.7. The normalized spacial score (nSPS) is 13.7. The molecule has 0 saturated carbocycles. The lowest BCUT2D eigenvalue weighted by molar-refractivity contribution is -0.163. The van der Waals surface area contributed by atoms with Crippen LogP contribution in [0.15, 0.2) is 36.4 Å². The Hall–Kier alpha value is -2.33. The number of aromatic nitrogens is 1. The first kappa shape index (κ1) is 35.2. The maximum atomic E-state index is 13.1. The van der Waals surface area contributed by atoms with Gasteiger partial charge in [-0.3, -0.25) is 0 Å². The molecule has 3 rings (SSSR count). The number of ether oxygens (including phenoxy) is 3. The van der Waals surface area contributed by atoms with Gasteiger partial charge in [-0.15, -0.1) is 11.3 Å². The van der Waals surface area contributed by atoms with Gasteiger partial charge in [0.25, 0.3) is 0 Å². The maximum absolute atomic E-state index is 13.1. The van der Waals surface area contributed by atoms with Gasteiger partial charge in [0.2, 0.25) is 0 Å². The molecule has 2 unspecified atom stereocenters. The molecule has 11 heteroatoms. The maximum Gasteiger partial charge on any atom is 0.416 e. The summed E-state index contributed by atoms with van der Waals surface area (Å²) in [7, 11) is 0. The Morgan fingerprint density at radius 3 is 2.19 bits per heavy atom. The molecule has 2 atom stereocenters. The number of rotatable bonds is 12. The summed E-state index contributed by atoms with van der Waals surface area (Å²) in [6.07, 6.45) is -4.07. The van der Waals surface area contributed by atoms with E-state index in [4.69, 9.17) is 42.4 Å². The summed E-state index contributed by atoms with van der Waals surface area (Å²) in [4.78, 5) is 18.3. The van der Waals surface area contributed by atoms with E-state index in [9.17, 15) is 18.0 Å². The number of hydrogen-bond acceptors (Lipinski definition) is 6. The zero-order valence-corrected chi connectivity index (χ0v) is 27.7. The van der Waals surface area contributed by atoms with E-state index in [2.05, 4.69) is 0 Å². The summed E-state index contributed by atoms with van der Waals surface area (Å²) in [6, 6.07) is 8.55. The molecule has 0 spiro atoms. The van der Waals surface area contributed by atoms with Crippen LogP contribution in [-0.2, 0) is 26.9 Å². The summed E-state index contributed by atoms with van der Waals surface area (Å²) in [5.41, 5.74) is 0.893. The fourth-order valence-corrected chi connectivity index (χ4v) is 6.15. The number of carbonyl (C=O) groups is 1. The molecule has 0 radical (unpaired) electrons.